The minimum atomic E-state index is -0.333. The lowest BCUT2D eigenvalue weighted by Crippen LogP contribution is -2.30. The lowest BCUT2D eigenvalue weighted by Gasteiger charge is -2.05. The Morgan fingerprint density at radius 3 is 2.71 bits per heavy atom. The van der Waals surface area contributed by atoms with Gasteiger partial charge in [0.1, 0.15) is 0 Å². The number of hydrazine groups is 1. The van der Waals surface area contributed by atoms with E-state index in [1.54, 1.807) is 12.1 Å². The molecule has 14 heavy (non-hydrogen) atoms. The van der Waals surface area contributed by atoms with Crippen molar-refractivity contribution in [1.29, 1.82) is 0 Å². The zero-order valence-corrected chi connectivity index (χ0v) is 7.66. The van der Waals surface area contributed by atoms with E-state index in [1.807, 2.05) is 6.92 Å². The van der Waals surface area contributed by atoms with Crippen molar-refractivity contribution >= 4 is 5.91 Å². The zero-order valence-electron chi connectivity index (χ0n) is 7.66. The van der Waals surface area contributed by atoms with Gasteiger partial charge in [0.15, 0.2) is 11.5 Å². The molecule has 2 rings (SSSR count). The molecule has 0 bridgehead atoms. The fraction of sp³-hybridized carbons (Fsp3) is 0.222. The smallest absolute Gasteiger partial charge is 0.265 e. The summed E-state index contributed by atoms with van der Waals surface area (Å²) in [7, 11) is 0. The molecule has 0 aromatic heterocycles. The molecule has 1 aromatic carbocycles. The molecule has 0 fully saturated rings. The Labute approximate surface area is 80.8 Å². The lowest BCUT2D eigenvalue weighted by molar-refractivity contribution is 0.0952. The Morgan fingerprint density at radius 1 is 1.43 bits per heavy atom. The van der Waals surface area contributed by atoms with Crippen molar-refractivity contribution in [3.63, 3.8) is 0 Å². The minimum Gasteiger partial charge on any atom is -0.454 e. The Balaban J connectivity index is 2.47. The van der Waals surface area contributed by atoms with E-state index in [-0.39, 0.29) is 12.7 Å². The predicted molar refractivity (Wildman–Crippen MR) is 49.0 cm³/mol. The Morgan fingerprint density at radius 2 is 2.07 bits per heavy atom. The van der Waals surface area contributed by atoms with E-state index >= 15 is 0 Å². The van der Waals surface area contributed by atoms with Crippen molar-refractivity contribution < 1.29 is 14.3 Å². The first-order chi connectivity index (χ1) is 6.72. The van der Waals surface area contributed by atoms with Crippen molar-refractivity contribution in [2.24, 2.45) is 5.84 Å². The van der Waals surface area contributed by atoms with Gasteiger partial charge in [-0.2, -0.15) is 0 Å². The first kappa shape index (κ1) is 8.83. The highest BCUT2D eigenvalue weighted by atomic mass is 16.7. The molecule has 1 heterocycles. The quantitative estimate of drug-likeness (QED) is 0.384. The third kappa shape index (κ3) is 1.27. The van der Waals surface area contributed by atoms with Crippen molar-refractivity contribution in [3.8, 4) is 11.5 Å². The summed E-state index contributed by atoms with van der Waals surface area (Å²) >= 11 is 0. The molecule has 1 aliphatic rings. The van der Waals surface area contributed by atoms with Gasteiger partial charge in [-0.1, -0.05) is 0 Å². The van der Waals surface area contributed by atoms with Gasteiger partial charge in [-0.15, -0.1) is 0 Å². The molecule has 5 nitrogen and oxygen atoms in total. The van der Waals surface area contributed by atoms with E-state index in [1.165, 1.54) is 0 Å². The van der Waals surface area contributed by atoms with Gasteiger partial charge in [-0.25, -0.2) is 5.84 Å². The second-order valence-corrected chi connectivity index (χ2v) is 2.99. The maximum Gasteiger partial charge on any atom is 0.265 e. The molecule has 1 aliphatic heterocycles. The van der Waals surface area contributed by atoms with Crippen LogP contribution in [0.25, 0.3) is 0 Å². The SMILES string of the molecule is Cc1cc2c(cc1C(=O)NN)OCO2. The number of ether oxygens (including phenoxy) is 2. The summed E-state index contributed by atoms with van der Waals surface area (Å²) in [6, 6.07) is 3.38. The summed E-state index contributed by atoms with van der Waals surface area (Å²) in [5.74, 6) is 5.95. The van der Waals surface area contributed by atoms with E-state index in [0.717, 1.165) is 5.56 Å². The minimum absolute atomic E-state index is 0.197. The third-order valence-corrected chi connectivity index (χ3v) is 2.10. The molecule has 0 unspecified atom stereocenters. The van der Waals surface area contributed by atoms with Gasteiger partial charge in [0.05, 0.1) is 0 Å². The lowest BCUT2D eigenvalue weighted by atomic mass is 10.1. The first-order valence-electron chi connectivity index (χ1n) is 4.13. The number of carbonyl (C=O) groups excluding carboxylic acids is 1. The molecule has 0 spiro atoms. The van der Waals surface area contributed by atoms with Crippen molar-refractivity contribution in [2.45, 2.75) is 6.92 Å². The van der Waals surface area contributed by atoms with Crippen LogP contribution in [0.4, 0.5) is 0 Å². The van der Waals surface area contributed by atoms with Crippen molar-refractivity contribution in [1.82, 2.24) is 5.43 Å². The van der Waals surface area contributed by atoms with Gasteiger partial charge in [0, 0.05) is 5.56 Å². The number of hydrogen-bond donors (Lipinski definition) is 2. The molecule has 1 aromatic rings. The zero-order chi connectivity index (χ0) is 10.1. The molecular formula is C9H10N2O3. The summed E-state index contributed by atoms with van der Waals surface area (Å²) in [5, 5.41) is 0. The number of carbonyl (C=O) groups is 1. The van der Waals surface area contributed by atoms with E-state index in [0.29, 0.717) is 17.1 Å². The van der Waals surface area contributed by atoms with E-state index in [2.05, 4.69) is 5.43 Å². The molecule has 0 atom stereocenters. The van der Waals surface area contributed by atoms with Gasteiger partial charge >= 0.3 is 0 Å². The molecule has 0 radical (unpaired) electrons. The molecule has 5 heteroatoms. The maximum atomic E-state index is 11.3. The highest BCUT2D eigenvalue weighted by Gasteiger charge is 2.18. The average Bonchev–Trinajstić information content (AvgIpc) is 2.62. The molecule has 0 aliphatic carbocycles. The molecule has 74 valence electrons. The van der Waals surface area contributed by atoms with Crippen LogP contribution < -0.4 is 20.7 Å². The normalized spacial score (nSPS) is 12.7. The largest absolute Gasteiger partial charge is 0.454 e. The van der Waals surface area contributed by atoms with Crippen LogP contribution in [0.3, 0.4) is 0 Å². The number of benzene rings is 1. The number of amides is 1. The highest BCUT2D eigenvalue weighted by molar-refractivity contribution is 5.96. The third-order valence-electron chi connectivity index (χ3n) is 2.10. The van der Waals surface area contributed by atoms with Crippen LogP contribution in [-0.2, 0) is 0 Å². The Bertz CT molecular complexity index is 390. The van der Waals surface area contributed by atoms with E-state index in [4.69, 9.17) is 15.3 Å². The maximum absolute atomic E-state index is 11.3. The van der Waals surface area contributed by atoms with Gasteiger partial charge in [-0.05, 0) is 24.6 Å². The van der Waals surface area contributed by atoms with Crippen LogP contribution in [0.15, 0.2) is 12.1 Å². The summed E-state index contributed by atoms with van der Waals surface area (Å²) in [6.45, 7) is 2.01. The standard InChI is InChI=1S/C9H10N2O3/c1-5-2-7-8(14-4-13-7)3-6(5)9(12)11-10/h2-3H,4,10H2,1H3,(H,11,12). The van der Waals surface area contributed by atoms with Crippen molar-refractivity contribution in [2.75, 3.05) is 6.79 Å². The van der Waals surface area contributed by atoms with Crippen LogP contribution in [0.5, 0.6) is 11.5 Å². The van der Waals surface area contributed by atoms with Crippen LogP contribution in [-0.4, -0.2) is 12.7 Å². The number of nitrogens with two attached hydrogens (primary N) is 1. The first-order valence-corrected chi connectivity index (χ1v) is 4.13. The topological polar surface area (TPSA) is 73.6 Å². The predicted octanol–water partition coefficient (Wildman–Crippen LogP) is 0.327. The second-order valence-electron chi connectivity index (χ2n) is 2.99. The highest BCUT2D eigenvalue weighted by Crippen LogP contribution is 2.34. The fourth-order valence-corrected chi connectivity index (χ4v) is 1.37. The summed E-state index contributed by atoms with van der Waals surface area (Å²) in [5.41, 5.74) is 3.38. The second kappa shape index (κ2) is 3.19. The summed E-state index contributed by atoms with van der Waals surface area (Å²) in [6.07, 6.45) is 0. The number of nitrogens with one attached hydrogen (secondary N) is 1. The molecular weight excluding hydrogens is 184 g/mol. The number of nitrogen functional groups attached to an aromatic ring is 1. The monoisotopic (exact) mass is 194 g/mol. The van der Waals surface area contributed by atoms with Gasteiger partial charge in [0.2, 0.25) is 6.79 Å². The number of aryl methyl sites for hydroxylation is 1. The van der Waals surface area contributed by atoms with E-state index < -0.39 is 0 Å². The van der Waals surface area contributed by atoms with Gasteiger partial charge in [0.25, 0.3) is 5.91 Å². The van der Waals surface area contributed by atoms with Crippen molar-refractivity contribution in [3.05, 3.63) is 23.3 Å². The summed E-state index contributed by atoms with van der Waals surface area (Å²) in [4.78, 5) is 11.3. The van der Waals surface area contributed by atoms with Crippen LogP contribution in [0.2, 0.25) is 0 Å². The number of rotatable bonds is 1. The fourth-order valence-electron chi connectivity index (χ4n) is 1.37. The summed E-state index contributed by atoms with van der Waals surface area (Å²) < 4.78 is 10.3. The molecule has 1 amide bonds. The van der Waals surface area contributed by atoms with Gasteiger partial charge < -0.3 is 9.47 Å². The van der Waals surface area contributed by atoms with Crippen LogP contribution >= 0.6 is 0 Å². The molecule has 3 N–H and O–H groups in total. The Kier molecular flexibility index (Phi) is 2.01. The van der Waals surface area contributed by atoms with Crippen LogP contribution in [0, 0.1) is 6.92 Å². The Hall–Kier alpha value is -1.75. The number of hydrogen-bond acceptors (Lipinski definition) is 4. The van der Waals surface area contributed by atoms with Crippen LogP contribution in [0.1, 0.15) is 15.9 Å². The molecule has 0 saturated carbocycles. The van der Waals surface area contributed by atoms with E-state index in [9.17, 15) is 4.79 Å². The number of fused-ring (bicyclic) bond motifs is 1. The van der Waals surface area contributed by atoms with Gasteiger partial charge in [-0.3, -0.25) is 10.2 Å². The average molecular weight is 194 g/mol. The molecule has 0 saturated heterocycles.